The maximum absolute atomic E-state index is 13.2. The predicted octanol–water partition coefficient (Wildman–Crippen LogP) is 3.16. The molecule has 2 aromatic carbocycles. The van der Waals surface area contributed by atoms with E-state index in [0.29, 0.717) is 17.9 Å². The zero-order chi connectivity index (χ0) is 19.8. The van der Waals surface area contributed by atoms with Gasteiger partial charge in [0, 0.05) is 12.4 Å². The fraction of sp³-hybridized carbons (Fsp3) is 0.182. The molecule has 1 unspecified atom stereocenters. The molecule has 0 aliphatic carbocycles. The van der Waals surface area contributed by atoms with Crippen LogP contribution in [0.5, 0.6) is 11.5 Å². The third-order valence-electron chi connectivity index (χ3n) is 4.99. The van der Waals surface area contributed by atoms with E-state index in [9.17, 15) is 10.1 Å². The van der Waals surface area contributed by atoms with Gasteiger partial charge in [0.2, 0.25) is 5.88 Å². The zero-order valence-electron chi connectivity index (χ0n) is 15.6. The quantitative estimate of drug-likeness (QED) is 0.762. The normalized spacial score (nSPS) is 15.7. The minimum absolute atomic E-state index is 0.0206. The summed E-state index contributed by atoms with van der Waals surface area (Å²) in [5, 5.41) is 10.5. The second-order valence-electron chi connectivity index (χ2n) is 6.55. The van der Waals surface area contributed by atoms with Gasteiger partial charge in [0.25, 0.3) is 5.56 Å². The molecule has 3 aromatic rings. The van der Waals surface area contributed by atoms with Crippen LogP contribution in [0, 0.1) is 11.3 Å². The molecule has 1 aliphatic heterocycles. The first kappa shape index (κ1) is 17.7. The monoisotopic (exact) mass is 373 g/mol. The maximum Gasteiger partial charge on any atom is 0.258 e. The van der Waals surface area contributed by atoms with Crippen LogP contribution in [0.1, 0.15) is 24.0 Å². The van der Waals surface area contributed by atoms with Crippen LogP contribution in [0.25, 0.3) is 10.9 Å². The van der Waals surface area contributed by atoms with E-state index in [1.165, 1.54) is 0 Å². The van der Waals surface area contributed by atoms with E-state index < -0.39 is 5.92 Å². The predicted molar refractivity (Wildman–Crippen MR) is 106 cm³/mol. The lowest BCUT2D eigenvalue weighted by atomic mass is 9.83. The van der Waals surface area contributed by atoms with Crippen molar-refractivity contribution in [1.29, 1.82) is 5.26 Å². The van der Waals surface area contributed by atoms with E-state index in [0.717, 1.165) is 22.2 Å². The summed E-state index contributed by atoms with van der Waals surface area (Å²) in [6.45, 7) is 2.47. The Labute approximate surface area is 162 Å². The van der Waals surface area contributed by atoms with Gasteiger partial charge in [0.05, 0.1) is 23.6 Å². The van der Waals surface area contributed by atoms with Crippen LogP contribution in [0.4, 0.5) is 0 Å². The zero-order valence-corrected chi connectivity index (χ0v) is 15.6. The van der Waals surface area contributed by atoms with Gasteiger partial charge in [0.15, 0.2) is 0 Å². The Balaban J connectivity index is 2.02. The van der Waals surface area contributed by atoms with Crippen molar-refractivity contribution in [2.24, 2.45) is 12.8 Å². The van der Waals surface area contributed by atoms with Crippen LogP contribution in [0.2, 0.25) is 0 Å². The number of rotatable bonds is 3. The van der Waals surface area contributed by atoms with E-state index in [2.05, 4.69) is 6.07 Å². The van der Waals surface area contributed by atoms with Crippen LogP contribution < -0.4 is 20.8 Å². The molecule has 0 saturated carbocycles. The largest absolute Gasteiger partial charge is 0.494 e. The number of nitrogens with zero attached hydrogens (tertiary/aromatic N) is 2. The summed E-state index contributed by atoms with van der Waals surface area (Å²) >= 11 is 0. The number of hydrogen-bond donors (Lipinski definition) is 1. The molecule has 0 bridgehead atoms. The summed E-state index contributed by atoms with van der Waals surface area (Å²) in [7, 11) is 1.72. The molecule has 2 heterocycles. The highest BCUT2D eigenvalue weighted by Crippen LogP contribution is 2.43. The number of benzene rings is 2. The summed E-state index contributed by atoms with van der Waals surface area (Å²) in [6, 6.07) is 17.0. The van der Waals surface area contributed by atoms with Crippen LogP contribution in [0.3, 0.4) is 0 Å². The Hall–Kier alpha value is -3.72. The molecule has 1 atom stereocenters. The Morgan fingerprint density at radius 3 is 2.61 bits per heavy atom. The van der Waals surface area contributed by atoms with Crippen molar-refractivity contribution in [3.05, 3.63) is 81.5 Å². The third kappa shape index (κ3) is 2.60. The minimum atomic E-state index is -0.604. The van der Waals surface area contributed by atoms with Gasteiger partial charge in [-0.1, -0.05) is 24.3 Å². The molecule has 0 spiro atoms. The summed E-state index contributed by atoms with van der Waals surface area (Å²) in [4.78, 5) is 13.2. The van der Waals surface area contributed by atoms with E-state index in [-0.39, 0.29) is 17.0 Å². The molecule has 0 radical (unpaired) electrons. The first-order valence-electron chi connectivity index (χ1n) is 8.98. The molecule has 4 rings (SSSR count). The van der Waals surface area contributed by atoms with Crippen molar-refractivity contribution in [3.8, 4) is 17.6 Å². The Bertz CT molecular complexity index is 1200. The van der Waals surface area contributed by atoms with Crippen LogP contribution in [-0.4, -0.2) is 11.2 Å². The Kier molecular flexibility index (Phi) is 4.28. The van der Waals surface area contributed by atoms with Crippen molar-refractivity contribution >= 4 is 10.9 Å². The Morgan fingerprint density at radius 1 is 1.21 bits per heavy atom. The number of aromatic nitrogens is 1. The molecule has 1 aromatic heterocycles. The highest BCUT2D eigenvalue weighted by Gasteiger charge is 2.35. The highest BCUT2D eigenvalue weighted by molar-refractivity contribution is 5.88. The lowest BCUT2D eigenvalue weighted by Gasteiger charge is -2.27. The Morgan fingerprint density at radius 2 is 1.93 bits per heavy atom. The lowest BCUT2D eigenvalue weighted by Crippen LogP contribution is -2.31. The molecule has 140 valence electrons. The summed E-state index contributed by atoms with van der Waals surface area (Å²) < 4.78 is 12.9. The van der Waals surface area contributed by atoms with Gasteiger partial charge < -0.3 is 19.8 Å². The number of para-hydroxylation sites is 1. The van der Waals surface area contributed by atoms with E-state index >= 15 is 0 Å². The van der Waals surface area contributed by atoms with Crippen molar-refractivity contribution in [2.75, 3.05) is 6.61 Å². The standard InChI is InChI=1S/C22H19N3O3/c1-3-27-14-10-8-13(9-11-14)18-16(12-23)21(24)28-20-15-6-4-5-7-17(15)25(2)22(26)19(18)20/h4-11,18H,3,24H2,1-2H3. The maximum atomic E-state index is 13.2. The van der Waals surface area contributed by atoms with Gasteiger partial charge in [0.1, 0.15) is 23.1 Å². The van der Waals surface area contributed by atoms with Crippen LogP contribution in [0.15, 0.2) is 64.8 Å². The first-order valence-corrected chi connectivity index (χ1v) is 8.98. The average molecular weight is 373 g/mol. The lowest BCUT2D eigenvalue weighted by molar-refractivity contribution is 0.340. The highest BCUT2D eigenvalue weighted by atomic mass is 16.5. The molecule has 1 aliphatic rings. The van der Waals surface area contributed by atoms with Crippen molar-refractivity contribution in [1.82, 2.24) is 4.57 Å². The second-order valence-corrected chi connectivity index (χ2v) is 6.55. The number of allylic oxidation sites excluding steroid dienone is 1. The fourth-order valence-corrected chi connectivity index (χ4v) is 3.68. The van der Waals surface area contributed by atoms with Gasteiger partial charge in [-0.05, 0) is 36.8 Å². The van der Waals surface area contributed by atoms with Gasteiger partial charge >= 0.3 is 0 Å². The average Bonchev–Trinajstić information content (AvgIpc) is 2.72. The van der Waals surface area contributed by atoms with Gasteiger partial charge in [-0.2, -0.15) is 5.26 Å². The van der Waals surface area contributed by atoms with Gasteiger partial charge in [-0.25, -0.2) is 0 Å². The molecule has 2 N–H and O–H groups in total. The number of ether oxygens (including phenoxy) is 2. The summed E-state index contributed by atoms with van der Waals surface area (Å²) in [5.41, 5.74) is 8.03. The molecule has 0 saturated heterocycles. The van der Waals surface area contributed by atoms with Gasteiger partial charge in [-0.15, -0.1) is 0 Å². The summed E-state index contributed by atoms with van der Waals surface area (Å²) in [6.07, 6.45) is 0. The first-order chi connectivity index (χ1) is 13.6. The molecule has 0 fully saturated rings. The molecule has 6 heteroatoms. The van der Waals surface area contributed by atoms with E-state index in [1.54, 1.807) is 11.6 Å². The van der Waals surface area contributed by atoms with Crippen molar-refractivity contribution in [3.63, 3.8) is 0 Å². The fourth-order valence-electron chi connectivity index (χ4n) is 3.68. The molecular weight excluding hydrogens is 354 g/mol. The second kappa shape index (κ2) is 6.78. The third-order valence-corrected chi connectivity index (χ3v) is 4.99. The van der Waals surface area contributed by atoms with Crippen molar-refractivity contribution in [2.45, 2.75) is 12.8 Å². The number of hydrogen-bond acceptors (Lipinski definition) is 5. The number of pyridine rings is 1. The number of nitrogens with two attached hydrogens (primary N) is 1. The van der Waals surface area contributed by atoms with Crippen molar-refractivity contribution < 1.29 is 9.47 Å². The minimum Gasteiger partial charge on any atom is -0.494 e. The molecular formula is C22H19N3O3. The van der Waals surface area contributed by atoms with Crippen LogP contribution in [-0.2, 0) is 7.05 Å². The topological polar surface area (TPSA) is 90.3 Å². The number of fused-ring (bicyclic) bond motifs is 3. The molecule has 6 nitrogen and oxygen atoms in total. The molecule has 0 amide bonds. The smallest absolute Gasteiger partial charge is 0.258 e. The summed E-state index contributed by atoms with van der Waals surface area (Å²) in [5.74, 6) is 0.550. The number of aryl methyl sites for hydroxylation is 1. The SMILES string of the molecule is CCOc1ccc(C2C(C#N)=C(N)Oc3c2c(=O)n(C)c2ccccc32)cc1. The number of nitriles is 1. The van der Waals surface area contributed by atoms with E-state index in [4.69, 9.17) is 15.2 Å². The van der Waals surface area contributed by atoms with E-state index in [1.807, 2.05) is 55.5 Å². The molecule has 28 heavy (non-hydrogen) atoms. The van der Waals surface area contributed by atoms with Crippen LogP contribution >= 0.6 is 0 Å². The van der Waals surface area contributed by atoms with Gasteiger partial charge in [-0.3, -0.25) is 4.79 Å².